The molecule has 9 nitrogen and oxygen atoms in total. The molecule has 0 saturated carbocycles. The lowest BCUT2D eigenvalue weighted by molar-refractivity contribution is -0.137. The van der Waals surface area contributed by atoms with Crippen molar-refractivity contribution in [3.8, 4) is 0 Å². The van der Waals surface area contributed by atoms with Crippen molar-refractivity contribution in [2.75, 3.05) is 26.3 Å². The molecule has 0 bridgehead atoms. The molecule has 0 atom stereocenters. The van der Waals surface area contributed by atoms with E-state index in [0.29, 0.717) is 12.1 Å². The molecule has 1 saturated heterocycles. The van der Waals surface area contributed by atoms with Gasteiger partial charge in [-0.25, -0.2) is 16.8 Å². The second kappa shape index (κ2) is 9.15. The summed E-state index contributed by atoms with van der Waals surface area (Å²) in [4.78, 5) is 13.5. The molecule has 2 aromatic rings. The van der Waals surface area contributed by atoms with Gasteiger partial charge in [0.05, 0.1) is 28.6 Å². The van der Waals surface area contributed by atoms with Gasteiger partial charge in [-0.15, -0.1) is 4.83 Å². The zero-order valence-electron chi connectivity index (χ0n) is 16.3. The average molecular weight is 493 g/mol. The molecule has 0 radical (unpaired) electrons. The third kappa shape index (κ3) is 5.45. The molecule has 3 rings (SSSR count). The van der Waals surface area contributed by atoms with Gasteiger partial charge in [-0.1, -0.05) is 6.07 Å². The fraction of sp³-hybridized carbons (Fsp3) is 0.278. The highest BCUT2D eigenvalue weighted by Gasteiger charge is 2.31. The minimum absolute atomic E-state index is 0.144. The third-order valence-electron chi connectivity index (χ3n) is 4.49. The van der Waals surface area contributed by atoms with Crippen molar-refractivity contribution < 1.29 is 39.5 Å². The third-order valence-corrected chi connectivity index (χ3v) is 7.65. The zero-order valence-corrected chi connectivity index (χ0v) is 17.9. The van der Waals surface area contributed by atoms with E-state index in [-0.39, 0.29) is 36.8 Å². The van der Waals surface area contributed by atoms with Crippen LogP contribution < -0.4 is 10.3 Å². The van der Waals surface area contributed by atoms with Crippen LogP contribution in [0.25, 0.3) is 0 Å². The molecule has 0 unspecified atom stereocenters. The van der Waals surface area contributed by atoms with Crippen LogP contribution in [0.4, 0.5) is 13.2 Å². The van der Waals surface area contributed by atoms with Gasteiger partial charge in [-0.05, 0) is 42.5 Å². The van der Waals surface area contributed by atoms with Crippen LogP contribution in [0.3, 0.4) is 0 Å². The van der Waals surface area contributed by atoms with Gasteiger partial charge in [-0.2, -0.15) is 17.5 Å². The summed E-state index contributed by atoms with van der Waals surface area (Å²) in [6.07, 6.45) is -4.63. The Morgan fingerprint density at radius 2 is 1.56 bits per heavy atom. The van der Waals surface area contributed by atoms with Crippen molar-refractivity contribution in [1.82, 2.24) is 14.6 Å². The number of nitrogens with one attached hydrogen (secondary N) is 2. The van der Waals surface area contributed by atoms with Gasteiger partial charge in [0.25, 0.3) is 15.9 Å². The number of carbonyl (C=O) groups is 1. The van der Waals surface area contributed by atoms with Crippen LogP contribution in [0, 0.1) is 0 Å². The maximum atomic E-state index is 12.7. The van der Waals surface area contributed by atoms with Crippen LogP contribution in [0.5, 0.6) is 0 Å². The number of benzene rings is 2. The average Bonchev–Trinajstić information content (AvgIpc) is 2.77. The Morgan fingerprint density at radius 3 is 2.16 bits per heavy atom. The lowest BCUT2D eigenvalue weighted by atomic mass is 10.2. The molecule has 1 fully saturated rings. The van der Waals surface area contributed by atoms with Crippen molar-refractivity contribution in [2.45, 2.75) is 16.0 Å². The molecular weight excluding hydrogens is 475 g/mol. The molecule has 0 aliphatic carbocycles. The highest BCUT2D eigenvalue weighted by atomic mass is 32.2. The normalized spacial score (nSPS) is 16.0. The van der Waals surface area contributed by atoms with Crippen LogP contribution in [-0.2, 0) is 31.0 Å². The van der Waals surface area contributed by atoms with Crippen molar-refractivity contribution in [3.05, 3.63) is 59.7 Å². The first kappa shape index (κ1) is 24.1. The predicted molar refractivity (Wildman–Crippen MR) is 105 cm³/mol. The van der Waals surface area contributed by atoms with E-state index < -0.39 is 42.6 Å². The van der Waals surface area contributed by atoms with Crippen LogP contribution in [0.1, 0.15) is 15.9 Å². The van der Waals surface area contributed by atoms with Crippen molar-refractivity contribution in [3.63, 3.8) is 0 Å². The standard InChI is InChI=1S/C18H18F3N3O6S2/c19-18(20,21)14-4-6-15(7-5-14)31(26,27)23-22-17(25)13-2-1-3-16(12-13)32(28,29)24-8-10-30-11-9-24/h1-7,12,23H,8-11H2,(H,22,25). The van der Waals surface area contributed by atoms with E-state index in [1.165, 1.54) is 22.5 Å². The van der Waals surface area contributed by atoms with E-state index in [1.54, 1.807) is 4.83 Å². The van der Waals surface area contributed by atoms with E-state index in [2.05, 4.69) is 0 Å². The molecule has 1 amide bonds. The van der Waals surface area contributed by atoms with E-state index in [4.69, 9.17) is 4.74 Å². The fourth-order valence-electron chi connectivity index (χ4n) is 2.80. The number of carbonyl (C=O) groups excluding carboxylic acids is 1. The van der Waals surface area contributed by atoms with E-state index >= 15 is 0 Å². The number of hydrazine groups is 1. The van der Waals surface area contributed by atoms with Crippen molar-refractivity contribution in [2.24, 2.45) is 0 Å². The first-order chi connectivity index (χ1) is 14.9. The Bertz CT molecular complexity index is 1190. The van der Waals surface area contributed by atoms with Crippen LogP contribution in [0.15, 0.2) is 58.3 Å². The second-order valence-electron chi connectivity index (χ2n) is 6.63. The molecule has 0 spiro atoms. The van der Waals surface area contributed by atoms with Gasteiger partial charge >= 0.3 is 6.18 Å². The Hall–Kier alpha value is -2.52. The first-order valence-electron chi connectivity index (χ1n) is 9.09. The van der Waals surface area contributed by atoms with Crippen molar-refractivity contribution >= 4 is 26.0 Å². The topological polar surface area (TPSA) is 122 Å². The summed E-state index contributed by atoms with van der Waals surface area (Å²) in [7, 11) is -8.25. The van der Waals surface area contributed by atoms with E-state index in [9.17, 15) is 34.8 Å². The maximum Gasteiger partial charge on any atom is 0.416 e. The molecule has 1 aliphatic rings. The molecule has 14 heteroatoms. The lowest BCUT2D eigenvalue weighted by Crippen LogP contribution is -2.42. The quantitative estimate of drug-likeness (QED) is 0.586. The molecule has 0 aromatic heterocycles. The zero-order chi connectivity index (χ0) is 23.6. The summed E-state index contributed by atoms with van der Waals surface area (Å²) in [6, 6.07) is 7.67. The largest absolute Gasteiger partial charge is 0.416 e. The number of ether oxygens (including phenoxy) is 1. The number of sulfonamides is 2. The number of halogens is 3. The SMILES string of the molecule is O=C(NNS(=O)(=O)c1ccc(C(F)(F)F)cc1)c1cccc(S(=O)(=O)N2CCOCC2)c1. The Balaban J connectivity index is 1.71. The number of nitrogens with zero attached hydrogens (tertiary/aromatic N) is 1. The predicted octanol–water partition coefficient (Wildman–Crippen LogP) is 1.35. The van der Waals surface area contributed by atoms with Gasteiger partial charge in [0.1, 0.15) is 0 Å². The van der Waals surface area contributed by atoms with Crippen LogP contribution in [-0.4, -0.2) is 53.4 Å². The maximum absolute atomic E-state index is 12.7. The number of morpholine rings is 1. The van der Waals surface area contributed by atoms with Gasteiger partial charge < -0.3 is 4.74 Å². The van der Waals surface area contributed by atoms with Crippen molar-refractivity contribution in [1.29, 1.82) is 0 Å². The summed E-state index contributed by atoms with van der Waals surface area (Å²) >= 11 is 0. The monoisotopic (exact) mass is 493 g/mol. The summed E-state index contributed by atoms with van der Waals surface area (Å²) in [6.45, 7) is 0.799. The van der Waals surface area contributed by atoms with E-state index in [1.807, 2.05) is 5.43 Å². The summed E-state index contributed by atoms with van der Waals surface area (Å²) < 4.78 is 94.1. The summed E-state index contributed by atoms with van der Waals surface area (Å²) in [5.74, 6) is -0.959. The van der Waals surface area contributed by atoms with Crippen LogP contribution >= 0.6 is 0 Å². The number of hydrogen-bond acceptors (Lipinski definition) is 6. The number of amides is 1. The highest BCUT2D eigenvalue weighted by Crippen LogP contribution is 2.29. The summed E-state index contributed by atoms with van der Waals surface area (Å²) in [5, 5.41) is 0. The van der Waals surface area contributed by atoms with Gasteiger partial charge in [-0.3, -0.25) is 10.2 Å². The number of alkyl halides is 3. The fourth-order valence-corrected chi connectivity index (χ4v) is 5.10. The van der Waals surface area contributed by atoms with E-state index in [0.717, 1.165) is 18.2 Å². The van der Waals surface area contributed by atoms with Gasteiger partial charge in [0.2, 0.25) is 10.0 Å². The molecule has 1 aliphatic heterocycles. The van der Waals surface area contributed by atoms with Gasteiger partial charge in [0, 0.05) is 18.7 Å². The smallest absolute Gasteiger partial charge is 0.379 e. The highest BCUT2D eigenvalue weighted by molar-refractivity contribution is 7.89. The molecule has 32 heavy (non-hydrogen) atoms. The Morgan fingerprint density at radius 1 is 0.938 bits per heavy atom. The first-order valence-corrected chi connectivity index (χ1v) is 12.0. The minimum Gasteiger partial charge on any atom is -0.379 e. The molecular formula is C18H18F3N3O6S2. The lowest BCUT2D eigenvalue weighted by Gasteiger charge is -2.26. The molecule has 2 N–H and O–H groups in total. The van der Waals surface area contributed by atoms with Gasteiger partial charge in [0.15, 0.2) is 0 Å². The Labute approximate surface area is 182 Å². The molecule has 2 aromatic carbocycles. The number of rotatable bonds is 6. The number of hydrogen-bond donors (Lipinski definition) is 2. The molecule has 174 valence electrons. The second-order valence-corrected chi connectivity index (χ2v) is 10.2. The summed E-state index contributed by atoms with van der Waals surface area (Å²) in [5.41, 5.74) is 0.740. The van der Waals surface area contributed by atoms with Crippen LogP contribution in [0.2, 0.25) is 0 Å². The molecule has 1 heterocycles. The minimum atomic E-state index is -4.63. The Kier molecular flexibility index (Phi) is 6.90.